The zero-order valence-electron chi connectivity index (χ0n) is 21.2. The first-order valence-electron chi connectivity index (χ1n) is 12.8. The number of benzene rings is 2. The van der Waals surface area contributed by atoms with Crippen LogP contribution in [0.15, 0.2) is 71.8 Å². The summed E-state index contributed by atoms with van der Waals surface area (Å²) >= 11 is 1.55. The van der Waals surface area contributed by atoms with E-state index in [0.29, 0.717) is 5.41 Å². The fraction of sp³-hybridized carbons (Fsp3) is 0.438. The minimum absolute atomic E-state index is 0. The van der Waals surface area contributed by atoms with E-state index in [-0.39, 0.29) is 24.8 Å². The number of allylic oxidation sites excluding steroid dienone is 4. The molecule has 0 aromatic heterocycles. The predicted octanol–water partition coefficient (Wildman–Crippen LogP) is 2.75. The maximum Gasteiger partial charge on any atom is -0.0771 e. The Balaban J connectivity index is 0.000000165. The Bertz CT molecular complexity index is 1140. The van der Waals surface area contributed by atoms with Gasteiger partial charge in [-0.3, -0.25) is 6.08 Å². The molecule has 4 fully saturated rings. The number of fused-ring (bicyclic) bond motifs is 3. The van der Waals surface area contributed by atoms with E-state index < -0.39 is 0 Å². The predicted molar refractivity (Wildman–Crippen MR) is 139 cm³/mol. The molecule has 0 aliphatic heterocycles. The molecular weight excluding hydrogens is 546 g/mol. The minimum Gasteiger partial charge on any atom is -1.00 e. The van der Waals surface area contributed by atoms with Gasteiger partial charge in [0.05, 0.1) is 0 Å². The van der Waals surface area contributed by atoms with Gasteiger partial charge in [0.25, 0.3) is 0 Å². The van der Waals surface area contributed by atoms with Gasteiger partial charge in [-0.1, -0.05) is 36.4 Å². The van der Waals surface area contributed by atoms with Crippen LogP contribution in [0, 0.1) is 29.2 Å². The first kappa shape index (κ1) is 28.7. The van der Waals surface area contributed by atoms with Crippen LogP contribution < -0.4 is 24.8 Å². The second kappa shape index (κ2) is 12.1. The Kier molecular flexibility index (Phi) is 9.93. The molecule has 5 aliphatic carbocycles. The van der Waals surface area contributed by atoms with Crippen molar-refractivity contribution in [2.45, 2.75) is 65.7 Å². The first-order chi connectivity index (χ1) is 15.9. The molecule has 0 amide bonds. The Morgan fingerprint density at radius 1 is 0.829 bits per heavy atom. The molecule has 4 saturated carbocycles. The van der Waals surface area contributed by atoms with Gasteiger partial charge in [-0.05, 0) is 61.7 Å². The smallest absolute Gasteiger partial charge is 0.0771 e. The van der Waals surface area contributed by atoms with Gasteiger partial charge in [-0.15, -0.1) is 53.1 Å². The third-order valence-corrected chi connectivity index (χ3v) is 8.17. The number of hydrogen-bond acceptors (Lipinski definition) is 0. The van der Waals surface area contributed by atoms with Gasteiger partial charge in [0.1, 0.15) is 0 Å². The normalized spacial score (nSPS) is 27.5. The maximum absolute atomic E-state index is 3.69. The Hall–Kier alpha value is -0.877. The number of hydrogen-bond donors (Lipinski definition) is 0. The number of halogens is 2. The second-order valence-electron chi connectivity index (χ2n) is 11.2. The molecule has 0 radical (unpaired) electrons. The van der Waals surface area contributed by atoms with Crippen molar-refractivity contribution in [3.8, 4) is 0 Å². The fourth-order valence-corrected chi connectivity index (χ4v) is 7.47. The Morgan fingerprint density at radius 2 is 1.26 bits per heavy atom. The summed E-state index contributed by atoms with van der Waals surface area (Å²) in [6.45, 7) is 6.56. The van der Waals surface area contributed by atoms with E-state index in [1.165, 1.54) is 44.0 Å². The van der Waals surface area contributed by atoms with Crippen LogP contribution in [0.25, 0.3) is 21.5 Å². The molecule has 0 atom stereocenters. The molecule has 0 heterocycles. The van der Waals surface area contributed by atoms with Crippen LogP contribution >= 0.6 is 0 Å². The van der Waals surface area contributed by atoms with Crippen molar-refractivity contribution in [1.29, 1.82) is 0 Å². The summed E-state index contributed by atoms with van der Waals surface area (Å²) in [6.07, 6.45) is 16.3. The van der Waals surface area contributed by atoms with Crippen LogP contribution in [0.5, 0.6) is 0 Å². The standard InChI is InChI=1S/C16H21.C13H9.C3H6.2ClH.Zr/c1-11-3-2-4-15(11)16-8-12-5-13(9-16)7-14(6-12)10-16;1-3-7-12-10(5-1)9-11-6-2-4-8-13(11)12;1-3-2;;;/h3,12-14H,2,5-10H2,1H3;1-9H;1-2H3;2*1H;/q2*-1;;;;+2/p-2. The SMILES string of the molecule is CC1=CC[C-]=C1C12CC3CC(CC(C3)C1)C2.C[C](C)=[Zr+2].[Cl-].[Cl-].c1ccc2c(c1)[cH-]c1ccccc12. The van der Waals surface area contributed by atoms with Gasteiger partial charge in [0.2, 0.25) is 0 Å². The zero-order valence-corrected chi connectivity index (χ0v) is 25.2. The third-order valence-electron chi connectivity index (χ3n) is 8.17. The first-order valence-corrected chi connectivity index (χ1v) is 14.0. The molecule has 0 spiro atoms. The third kappa shape index (κ3) is 6.17. The van der Waals surface area contributed by atoms with Gasteiger partial charge in [0.15, 0.2) is 0 Å². The van der Waals surface area contributed by atoms with Gasteiger partial charge in [-0.2, -0.15) is 6.08 Å². The van der Waals surface area contributed by atoms with Crippen LogP contribution in [0.2, 0.25) is 0 Å². The molecule has 184 valence electrons. The molecular formula is C32H36Cl2Zr-2. The van der Waals surface area contributed by atoms with Gasteiger partial charge in [-0.25, -0.2) is 11.1 Å². The molecule has 0 N–H and O–H groups in total. The molecule has 0 unspecified atom stereocenters. The molecule has 0 nitrogen and oxygen atoms in total. The minimum atomic E-state index is 0. The van der Waals surface area contributed by atoms with Crippen molar-refractivity contribution in [1.82, 2.24) is 0 Å². The maximum atomic E-state index is 3.69. The van der Waals surface area contributed by atoms with Gasteiger partial charge in [0, 0.05) is 0 Å². The summed E-state index contributed by atoms with van der Waals surface area (Å²) in [5.74, 6) is 3.19. The summed E-state index contributed by atoms with van der Waals surface area (Å²) in [5.41, 5.74) is 3.79. The van der Waals surface area contributed by atoms with Gasteiger partial charge >= 0.3 is 41.3 Å². The van der Waals surface area contributed by atoms with Crippen molar-refractivity contribution in [3.63, 3.8) is 0 Å². The van der Waals surface area contributed by atoms with Crippen LogP contribution in [0.3, 0.4) is 0 Å². The molecule has 4 bridgehead atoms. The monoisotopic (exact) mass is 580 g/mol. The van der Waals surface area contributed by atoms with E-state index in [2.05, 4.69) is 87.5 Å². The van der Waals surface area contributed by atoms with Crippen molar-refractivity contribution >= 4 is 24.8 Å². The molecule has 5 aliphatic rings. The van der Waals surface area contributed by atoms with Crippen molar-refractivity contribution in [2.24, 2.45) is 23.2 Å². The van der Waals surface area contributed by atoms with E-state index >= 15 is 0 Å². The zero-order chi connectivity index (χ0) is 23.0. The average Bonchev–Trinajstić information content (AvgIpc) is 3.37. The van der Waals surface area contributed by atoms with Crippen LogP contribution in [-0.4, -0.2) is 3.21 Å². The molecule has 0 saturated heterocycles. The summed E-state index contributed by atoms with van der Waals surface area (Å²) in [5, 5.41) is 5.39. The van der Waals surface area contributed by atoms with Crippen molar-refractivity contribution in [3.05, 3.63) is 77.9 Å². The molecule has 3 heteroatoms. The van der Waals surface area contributed by atoms with E-state index in [1.807, 2.05) is 0 Å². The topological polar surface area (TPSA) is 0 Å². The quantitative estimate of drug-likeness (QED) is 0.388. The van der Waals surface area contributed by atoms with Gasteiger partial charge < -0.3 is 24.8 Å². The fourth-order valence-electron chi connectivity index (χ4n) is 7.47. The Labute approximate surface area is 239 Å². The summed E-state index contributed by atoms with van der Waals surface area (Å²) in [4.78, 5) is 0. The number of rotatable bonds is 1. The summed E-state index contributed by atoms with van der Waals surface area (Å²) in [6, 6.07) is 19.3. The van der Waals surface area contributed by atoms with E-state index in [1.54, 1.807) is 54.6 Å². The summed E-state index contributed by atoms with van der Waals surface area (Å²) < 4.78 is 1.51. The van der Waals surface area contributed by atoms with E-state index in [0.717, 1.165) is 24.2 Å². The van der Waals surface area contributed by atoms with E-state index in [9.17, 15) is 0 Å². The second-order valence-corrected chi connectivity index (χ2v) is 13.6. The molecule has 35 heavy (non-hydrogen) atoms. The van der Waals surface area contributed by atoms with Crippen LogP contribution in [0.1, 0.15) is 65.7 Å². The van der Waals surface area contributed by atoms with E-state index in [4.69, 9.17) is 0 Å². The largest absolute Gasteiger partial charge is 1.00 e. The molecule has 3 aromatic carbocycles. The van der Waals surface area contributed by atoms with Crippen LogP contribution in [0.4, 0.5) is 0 Å². The summed E-state index contributed by atoms with van der Waals surface area (Å²) in [7, 11) is 0. The molecule has 8 rings (SSSR count). The van der Waals surface area contributed by atoms with Crippen LogP contribution in [-0.2, 0) is 24.2 Å². The van der Waals surface area contributed by atoms with Crippen molar-refractivity contribution < 1.29 is 49.0 Å². The molecule has 3 aromatic rings. The Morgan fingerprint density at radius 3 is 1.66 bits per heavy atom. The average molecular weight is 583 g/mol. The van der Waals surface area contributed by atoms with Crippen molar-refractivity contribution in [2.75, 3.05) is 0 Å².